The Morgan fingerprint density at radius 1 is 1.16 bits per heavy atom. The number of H-pyrrole nitrogens is 1. The largest absolute Gasteiger partial charge is 0.281 e. The molecule has 1 aromatic carbocycles. The topological polar surface area (TPSA) is 75.7 Å². The molecule has 0 amide bonds. The lowest BCUT2D eigenvalue weighted by atomic mass is 9.98. The Balaban J connectivity index is 0.00000182. The van der Waals surface area contributed by atoms with E-state index in [4.69, 9.17) is 0 Å². The van der Waals surface area contributed by atoms with Gasteiger partial charge in [0, 0.05) is 35.0 Å². The van der Waals surface area contributed by atoms with Crippen LogP contribution in [-0.2, 0) is 9.84 Å². The molecule has 4 rings (SSSR count). The lowest BCUT2D eigenvalue weighted by Gasteiger charge is -2.12. The maximum absolute atomic E-state index is 11.9. The number of aromatic nitrogens is 3. The fraction of sp³-hybridized carbons (Fsp3) is 0.333. The predicted molar refractivity (Wildman–Crippen MR) is 101 cm³/mol. The first-order chi connectivity index (χ1) is 11.4. The van der Waals surface area contributed by atoms with E-state index in [1.807, 2.05) is 26.0 Å². The molecular formula is C18H20ClN3O2S. The summed E-state index contributed by atoms with van der Waals surface area (Å²) in [4.78, 5) is 4.98. The minimum Gasteiger partial charge on any atom is -0.281 e. The quantitative estimate of drug-likeness (QED) is 0.749. The molecule has 0 saturated heterocycles. The van der Waals surface area contributed by atoms with E-state index in [1.54, 1.807) is 12.3 Å². The highest BCUT2D eigenvalue weighted by Crippen LogP contribution is 2.44. The highest BCUT2D eigenvalue weighted by molar-refractivity contribution is 7.90. The molecule has 0 bridgehead atoms. The number of hydrogen-bond acceptors (Lipinski definition) is 4. The first-order valence-electron chi connectivity index (χ1n) is 8.01. The van der Waals surface area contributed by atoms with Gasteiger partial charge in [0.15, 0.2) is 9.84 Å². The van der Waals surface area contributed by atoms with Crippen LogP contribution in [0.25, 0.3) is 22.2 Å². The number of pyridine rings is 1. The number of aryl methyl sites for hydroxylation is 2. The average molecular weight is 378 g/mol. The van der Waals surface area contributed by atoms with Crippen LogP contribution in [0.15, 0.2) is 29.3 Å². The molecule has 7 heteroatoms. The summed E-state index contributed by atoms with van der Waals surface area (Å²) in [5.41, 5.74) is 5.55. The maximum atomic E-state index is 11.9. The Kier molecular flexibility index (Phi) is 4.37. The number of benzene rings is 1. The minimum atomic E-state index is -3.24. The predicted octanol–water partition coefficient (Wildman–Crippen LogP) is 3.94. The Morgan fingerprint density at radius 3 is 2.52 bits per heavy atom. The van der Waals surface area contributed by atoms with E-state index in [1.165, 1.54) is 19.1 Å². The molecule has 0 radical (unpaired) electrons. The fourth-order valence-electron chi connectivity index (χ4n) is 3.30. The van der Waals surface area contributed by atoms with Crippen molar-refractivity contribution in [2.75, 3.05) is 6.26 Å². The number of fused-ring (bicyclic) bond motifs is 1. The van der Waals surface area contributed by atoms with E-state index < -0.39 is 9.84 Å². The van der Waals surface area contributed by atoms with Crippen molar-refractivity contribution in [3.63, 3.8) is 0 Å². The van der Waals surface area contributed by atoms with E-state index >= 15 is 0 Å². The molecule has 0 unspecified atom stereocenters. The van der Waals surface area contributed by atoms with Crippen molar-refractivity contribution in [1.29, 1.82) is 0 Å². The third-order valence-corrected chi connectivity index (χ3v) is 5.90. The summed E-state index contributed by atoms with van der Waals surface area (Å²) >= 11 is 0. The molecule has 25 heavy (non-hydrogen) atoms. The molecule has 1 aliphatic carbocycles. The van der Waals surface area contributed by atoms with Crippen LogP contribution in [-0.4, -0.2) is 29.9 Å². The van der Waals surface area contributed by atoms with Gasteiger partial charge in [0.25, 0.3) is 0 Å². The molecule has 1 fully saturated rings. The van der Waals surface area contributed by atoms with Gasteiger partial charge in [0.1, 0.15) is 0 Å². The Hall–Kier alpha value is -1.92. The van der Waals surface area contributed by atoms with Crippen LogP contribution in [0.1, 0.15) is 35.6 Å². The summed E-state index contributed by atoms with van der Waals surface area (Å²) in [7, 11) is -3.24. The number of hydrogen-bond donors (Lipinski definition) is 1. The highest BCUT2D eigenvalue weighted by Gasteiger charge is 2.29. The van der Waals surface area contributed by atoms with Gasteiger partial charge in [-0.1, -0.05) is 0 Å². The molecule has 3 aromatic rings. The normalized spacial score (nSPS) is 14.5. The second-order valence-corrected chi connectivity index (χ2v) is 8.65. The molecule has 5 nitrogen and oxygen atoms in total. The van der Waals surface area contributed by atoms with E-state index in [0.29, 0.717) is 10.8 Å². The lowest BCUT2D eigenvalue weighted by molar-refractivity contribution is 0.601. The molecule has 0 aliphatic heterocycles. The van der Waals surface area contributed by atoms with Crippen LogP contribution in [0, 0.1) is 13.8 Å². The molecule has 0 atom stereocenters. The Morgan fingerprint density at radius 2 is 1.88 bits per heavy atom. The van der Waals surface area contributed by atoms with Crippen molar-refractivity contribution in [1.82, 2.24) is 15.2 Å². The van der Waals surface area contributed by atoms with Crippen molar-refractivity contribution in [2.24, 2.45) is 0 Å². The second-order valence-electron chi connectivity index (χ2n) is 6.67. The van der Waals surface area contributed by atoms with Crippen LogP contribution in [0.3, 0.4) is 0 Å². The summed E-state index contributed by atoms with van der Waals surface area (Å²) < 4.78 is 23.9. The number of nitrogens with one attached hydrogen (secondary N) is 1. The zero-order chi connectivity index (χ0) is 17.1. The molecule has 2 aromatic heterocycles. The van der Waals surface area contributed by atoms with Crippen molar-refractivity contribution >= 4 is 33.1 Å². The number of aromatic amines is 1. The van der Waals surface area contributed by atoms with E-state index in [9.17, 15) is 8.42 Å². The lowest BCUT2D eigenvalue weighted by Crippen LogP contribution is -2.02. The van der Waals surface area contributed by atoms with Crippen LogP contribution in [0.4, 0.5) is 0 Å². The molecule has 132 valence electrons. The summed E-state index contributed by atoms with van der Waals surface area (Å²) in [6, 6.07) is 5.59. The third-order valence-electron chi connectivity index (χ3n) is 4.66. The molecule has 0 spiro atoms. The Labute approximate surface area is 153 Å². The van der Waals surface area contributed by atoms with Gasteiger partial charge >= 0.3 is 0 Å². The first kappa shape index (κ1) is 17.9. The summed E-state index contributed by atoms with van der Waals surface area (Å²) in [6.07, 6.45) is 5.36. The average Bonchev–Trinajstić information content (AvgIpc) is 3.27. The molecule has 1 saturated carbocycles. The maximum Gasteiger partial charge on any atom is 0.175 e. The zero-order valence-corrected chi connectivity index (χ0v) is 16.0. The van der Waals surface area contributed by atoms with Crippen molar-refractivity contribution in [3.8, 4) is 11.3 Å². The third kappa shape index (κ3) is 3.04. The van der Waals surface area contributed by atoms with Gasteiger partial charge in [-0.25, -0.2) is 8.42 Å². The van der Waals surface area contributed by atoms with E-state index in [-0.39, 0.29) is 12.4 Å². The summed E-state index contributed by atoms with van der Waals surface area (Å²) in [5, 5.41) is 8.65. The number of nitrogens with zero attached hydrogens (tertiary/aromatic N) is 2. The van der Waals surface area contributed by atoms with Gasteiger partial charge in [-0.05, 0) is 56.0 Å². The van der Waals surface area contributed by atoms with E-state index in [0.717, 1.165) is 39.0 Å². The zero-order valence-electron chi connectivity index (χ0n) is 14.3. The molecule has 1 N–H and O–H groups in total. The van der Waals surface area contributed by atoms with Crippen molar-refractivity contribution < 1.29 is 8.42 Å². The number of rotatable bonds is 3. The summed E-state index contributed by atoms with van der Waals surface area (Å²) in [6.45, 7) is 3.76. The highest BCUT2D eigenvalue weighted by atomic mass is 35.5. The second kappa shape index (κ2) is 6.11. The smallest absolute Gasteiger partial charge is 0.175 e. The van der Waals surface area contributed by atoms with Gasteiger partial charge in [-0.2, -0.15) is 5.10 Å². The van der Waals surface area contributed by atoms with Crippen LogP contribution in [0.2, 0.25) is 0 Å². The Bertz CT molecular complexity index is 1070. The molecular weight excluding hydrogens is 358 g/mol. The number of sulfone groups is 1. The van der Waals surface area contributed by atoms with Gasteiger partial charge in [0.05, 0.1) is 16.1 Å². The monoisotopic (exact) mass is 377 g/mol. The van der Waals surface area contributed by atoms with Gasteiger partial charge in [0.2, 0.25) is 0 Å². The molecule has 2 heterocycles. The SMILES string of the molecule is Cc1cc(S(C)(=O)=O)c(C)cc1-c1nccc2n[nH]c(C3CC3)c12.Cl. The fourth-order valence-corrected chi connectivity index (χ4v) is 4.34. The van der Waals surface area contributed by atoms with E-state index in [2.05, 4.69) is 15.2 Å². The first-order valence-corrected chi connectivity index (χ1v) is 9.90. The minimum absolute atomic E-state index is 0. The van der Waals surface area contributed by atoms with Gasteiger partial charge < -0.3 is 0 Å². The van der Waals surface area contributed by atoms with Crippen molar-refractivity contribution in [3.05, 3.63) is 41.2 Å². The van der Waals surface area contributed by atoms with Gasteiger partial charge in [-0.3, -0.25) is 10.1 Å². The van der Waals surface area contributed by atoms with Crippen molar-refractivity contribution in [2.45, 2.75) is 37.5 Å². The number of halogens is 1. The standard InChI is InChI=1S/C18H19N3O2S.ClH/c1-10-9-15(24(3,22)23)11(2)8-13(10)18-16-14(6-7-19-18)20-21-17(16)12-4-5-12;/h6-9,12H,4-5H2,1-3H3,(H,20,21);1H. The summed E-state index contributed by atoms with van der Waals surface area (Å²) in [5.74, 6) is 0.537. The van der Waals surface area contributed by atoms with Crippen LogP contribution >= 0.6 is 12.4 Å². The molecule has 1 aliphatic rings. The van der Waals surface area contributed by atoms with Gasteiger partial charge in [-0.15, -0.1) is 12.4 Å². The van der Waals surface area contributed by atoms with Crippen LogP contribution in [0.5, 0.6) is 0 Å². The van der Waals surface area contributed by atoms with Crippen LogP contribution < -0.4 is 0 Å².